The maximum absolute atomic E-state index is 14.4. The van der Waals surface area contributed by atoms with E-state index in [1.165, 1.54) is 6.20 Å². The first-order valence-corrected chi connectivity index (χ1v) is 11.3. The number of hydrogen-bond acceptors (Lipinski definition) is 5. The number of anilines is 2. The Hall–Kier alpha value is -3.54. The number of hydrogen-bond donors (Lipinski definition) is 3. The normalized spacial score (nSPS) is 16.9. The molecule has 8 nitrogen and oxygen atoms in total. The second-order valence-corrected chi connectivity index (χ2v) is 8.80. The smallest absolute Gasteiger partial charge is 0.343 e. The third-order valence-electron chi connectivity index (χ3n) is 5.98. The van der Waals surface area contributed by atoms with Gasteiger partial charge in [0.15, 0.2) is 0 Å². The molecule has 1 aliphatic heterocycles. The van der Waals surface area contributed by atoms with Gasteiger partial charge in [-0.25, -0.2) is 9.37 Å². The van der Waals surface area contributed by atoms with E-state index in [1.54, 1.807) is 40.0 Å². The van der Waals surface area contributed by atoms with Crippen LogP contribution in [0.5, 0.6) is 0 Å². The number of halogens is 4. The van der Waals surface area contributed by atoms with Crippen molar-refractivity contribution in [2.45, 2.75) is 51.5 Å². The second-order valence-electron chi connectivity index (χ2n) is 8.80. The Balaban J connectivity index is 1.98. The van der Waals surface area contributed by atoms with Crippen LogP contribution in [0, 0.1) is 11.7 Å². The van der Waals surface area contributed by atoms with Crippen LogP contribution in [0.2, 0.25) is 0 Å². The Bertz CT molecular complexity index is 1150. The molecule has 2 aromatic rings. The zero-order valence-corrected chi connectivity index (χ0v) is 20.1. The minimum absolute atomic E-state index is 0.0533. The van der Waals surface area contributed by atoms with E-state index in [2.05, 4.69) is 15.6 Å². The number of aromatic nitrogens is 1. The van der Waals surface area contributed by atoms with Gasteiger partial charge in [-0.05, 0) is 43.7 Å². The molecule has 0 saturated carbocycles. The summed E-state index contributed by atoms with van der Waals surface area (Å²) in [6.45, 7) is 5.01. The molecule has 0 bridgehead atoms. The molecule has 2 heterocycles. The summed E-state index contributed by atoms with van der Waals surface area (Å²) in [5.41, 5.74) is -1.87. The van der Waals surface area contributed by atoms with Gasteiger partial charge in [-0.1, -0.05) is 26.0 Å². The van der Waals surface area contributed by atoms with Gasteiger partial charge < -0.3 is 16.0 Å². The first kappa shape index (κ1) is 27.1. The Morgan fingerprint density at radius 1 is 1.11 bits per heavy atom. The number of carbonyl (C=O) groups is 3. The molecule has 12 heteroatoms. The van der Waals surface area contributed by atoms with E-state index in [0.29, 0.717) is 11.6 Å². The fraction of sp³-hybridized carbons (Fsp3) is 0.417. The molecule has 0 fully saturated rings. The van der Waals surface area contributed by atoms with Crippen LogP contribution >= 0.6 is 0 Å². The minimum Gasteiger partial charge on any atom is -0.343 e. The number of fused-ring (bicyclic) bond motifs is 1. The number of amides is 3. The van der Waals surface area contributed by atoms with Crippen molar-refractivity contribution in [2.75, 3.05) is 17.3 Å². The molecular formula is C24H27F4N5O3. The van der Waals surface area contributed by atoms with Crippen LogP contribution in [-0.4, -0.2) is 47.9 Å². The molecule has 0 spiro atoms. The summed E-state index contributed by atoms with van der Waals surface area (Å²) in [7, 11) is 1.58. The molecule has 194 valence electrons. The zero-order valence-electron chi connectivity index (χ0n) is 20.1. The first-order chi connectivity index (χ1) is 16.9. The first-order valence-electron chi connectivity index (χ1n) is 11.3. The number of benzene rings is 1. The highest BCUT2D eigenvalue weighted by Crippen LogP contribution is 2.37. The number of nitrogens with zero attached hydrogens (tertiary/aromatic N) is 2. The van der Waals surface area contributed by atoms with Crippen LogP contribution in [0.25, 0.3) is 0 Å². The topological polar surface area (TPSA) is 103 Å². The lowest BCUT2D eigenvalue weighted by molar-refractivity contribution is -0.137. The van der Waals surface area contributed by atoms with Crippen molar-refractivity contribution in [3.05, 3.63) is 53.5 Å². The summed E-state index contributed by atoms with van der Waals surface area (Å²) >= 11 is 0. The van der Waals surface area contributed by atoms with Gasteiger partial charge >= 0.3 is 6.18 Å². The SMILES string of the molecule is CNC(C)C(=O)NC(C(=O)N1c2ncccc2CC1C(=O)Nc1c(F)cccc1C(F)(F)F)C(C)C. The fourth-order valence-electron chi connectivity index (χ4n) is 3.89. The van der Waals surface area contributed by atoms with Crippen LogP contribution in [-0.2, 0) is 27.0 Å². The third kappa shape index (κ3) is 5.48. The summed E-state index contributed by atoms with van der Waals surface area (Å²) in [6.07, 6.45) is -3.57. The number of rotatable bonds is 7. The van der Waals surface area contributed by atoms with Gasteiger partial charge in [0, 0.05) is 12.6 Å². The highest BCUT2D eigenvalue weighted by atomic mass is 19.4. The highest BCUT2D eigenvalue weighted by Gasteiger charge is 2.44. The molecule has 3 unspecified atom stereocenters. The molecule has 3 amide bonds. The molecule has 0 aliphatic carbocycles. The molecule has 3 N–H and O–H groups in total. The molecule has 1 aliphatic rings. The van der Waals surface area contributed by atoms with E-state index >= 15 is 0 Å². The molecule has 36 heavy (non-hydrogen) atoms. The molecular weight excluding hydrogens is 482 g/mol. The van der Waals surface area contributed by atoms with Gasteiger partial charge in [0.05, 0.1) is 17.3 Å². The van der Waals surface area contributed by atoms with E-state index in [0.717, 1.165) is 17.0 Å². The van der Waals surface area contributed by atoms with Gasteiger partial charge in [-0.2, -0.15) is 13.2 Å². The van der Waals surface area contributed by atoms with Crippen molar-refractivity contribution >= 4 is 29.2 Å². The Morgan fingerprint density at radius 3 is 2.42 bits per heavy atom. The predicted molar refractivity (Wildman–Crippen MR) is 125 cm³/mol. The summed E-state index contributed by atoms with van der Waals surface area (Å²) < 4.78 is 54.7. The number of pyridine rings is 1. The van der Waals surface area contributed by atoms with Crippen molar-refractivity contribution < 1.29 is 31.9 Å². The summed E-state index contributed by atoms with van der Waals surface area (Å²) in [4.78, 5) is 44.7. The summed E-state index contributed by atoms with van der Waals surface area (Å²) in [5.74, 6) is -3.65. The lowest BCUT2D eigenvalue weighted by Gasteiger charge is -2.31. The van der Waals surface area contributed by atoms with Crippen LogP contribution in [0.4, 0.5) is 29.1 Å². The van der Waals surface area contributed by atoms with Gasteiger partial charge in [0.1, 0.15) is 23.7 Å². The molecule has 0 radical (unpaired) electrons. The zero-order chi connectivity index (χ0) is 26.8. The second kappa shape index (κ2) is 10.6. The van der Waals surface area contributed by atoms with Crippen LogP contribution in [0.15, 0.2) is 36.5 Å². The number of likely N-dealkylation sites (N-methyl/N-ethyl adjacent to an activating group) is 1. The largest absolute Gasteiger partial charge is 0.418 e. The van der Waals surface area contributed by atoms with Crippen molar-refractivity contribution in [3.63, 3.8) is 0 Å². The van der Waals surface area contributed by atoms with Crippen molar-refractivity contribution in [1.29, 1.82) is 0 Å². The average Bonchev–Trinajstić information content (AvgIpc) is 3.21. The number of alkyl halides is 3. The number of carbonyl (C=O) groups excluding carboxylic acids is 3. The van der Waals surface area contributed by atoms with Crippen molar-refractivity contribution in [3.8, 4) is 0 Å². The maximum atomic E-state index is 14.4. The lowest BCUT2D eigenvalue weighted by Crippen LogP contribution is -2.57. The Morgan fingerprint density at radius 2 is 1.81 bits per heavy atom. The van der Waals surface area contributed by atoms with Gasteiger partial charge in [-0.15, -0.1) is 0 Å². The van der Waals surface area contributed by atoms with Crippen molar-refractivity contribution in [1.82, 2.24) is 15.6 Å². The molecule has 1 aromatic carbocycles. The maximum Gasteiger partial charge on any atom is 0.418 e. The quantitative estimate of drug-likeness (QED) is 0.498. The minimum atomic E-state index is -4.92. The van der Waals surface area contributed by atoms with Gasteiger partial charge in [0.25, 0.3) is 5.91 Å². The number of para-hydroxylation sites is 1. The summed E-state index contributed by atoms with van der Waals surface area (Å²) in [6, 6.07) is 2.58. The fourth-order valence-corrected chi connectivity index (χ4v) is 3.89. The van der Waals surface area contributed by atoms with E-state index in [9.17, 15) is 31.9 Å². The standard InChI is InChI=1S/C24H27F4N5O3/c1-12(2)18(31-21(34)13(3)29-4)23(36)33-17(11-14-7-6-10-30-20(14)33)22(35)32-19-15(24(26,27)28)8-5-9-16(19)25/h5-10,12-13,17-18,29H,11H2,1-4H3,(H,31,34)(H,32,35). The van der Waals surface area contributed by atoms with Crippen LogP contribution in [0.3, 0.4) is 0 Å². The molecule has 3 atom stereocenters. The van der Waals surface area contributed by atoms with E-state index in [-0.39, 0.29) is 12.2 Å². The summed E-state index contributed by atoms with van der Waals surface area (Å²) in [5, 5.41) is 7.46. The van der Waals surface area contributed by atoms with Crippen LogP contribution in [0.1, 0.15) is 31.9 Å². The predicted octanol–water partition coefficient (Wildman–Crippen LogP) is 2.88. The Labute approximate surface area is 205 Å². The number of nitrogens with one attached hydrogen (secondary N) is 3. The third-order valence-corrected chi connectivity index (χ3v) is 5.98. The molecule has 0 saturated heterocycles. The van der Waals surface area contributed by atoms with E-state index in [1.807, 2.05) is 5.32 Å². The Kier molecular flexibility index (Phi) is 7.97. The molecule has 3 rings (SSSR count). The van der Waals surface area contributed by atoms with Gasteiger partial charge in [0.2, 0.25) is 11.8 Å². The lowest BCUT2D eigenvalue weighted by atomic mass is 10.0. The van der Waals surface area contributed by atoms with Gasteiger partial charge in [-0.3, -0.25) is 19.3 Å². The van der Waals surface area contributed by atoms with E-state index < -0.39 is 65.0 Å². The van der Waals surface area contributed by atoms with Crippen LogP contribution < -0.4 is 20.9 Å². The monoisotopic (exact) mass is 509 g/mol. The highest BCUT2D eigenvalue weighted by molar-refractivity contribution is 6.09. The van der Waals surface area contributed by atoms with E-state index in [4.69, 9.17) is 0 Å². The average molecular weight is 510 g/mol. The van der Waals surface area contributed by atoms with Crippen molar-refractivity contribution in [2.24, 2.45) is 5.92 Å². The molecule has 1 aromatic heterocycles.